The van der Waals surface area contributed by atoms with Crippen molar-refractivity contribution in [3.8, 4) is 34.1 Å². The minimum absolute atomic E-state index is 0.211. The Kier molecular flexibility index (Phi) is 7.59. The number of rotatable bonds is 10. The van der Waals surface area contributed by atoms with E-state index in [0.717, 1.165) is 44.0 Å². The molecule has 0 aromatic heterocycles. The number of nitrogens with zero attached hydrogens (tertiary/aromatic N) is 1. The van der Waals surface area contributed by atoms with Gasteiger partial charge in [0.05, 0.1) is 33.0 Å². The number of aliphatic hydroxyl groups is 1. The number of hydrogen-bond donors (Lipinski definition) is 2. The van der Waals surface area contributed by atoms with Crippen LogP contribution >= 0.6 is 0 Å². The van der Waals surface area contributed by atoms with E-state index in [9.17, 15) is 10.2 Å². The van der Waals surface area contributed by atoms with E-state index in [1.165, 1.54) is 6.26 Å². The molecular weight excluding hydrogens is 426 g/mol. The number of phenols is 1. The number of aliphatic hydroxyl groups excluding tert-OH is 1. The van der Waals surface area contributed by atoms with Gasteiger partial charge in [-0.2, -0.15) is 0 Å². The molecule has 0 amide bonds. The van der Waals surface area contributed by atoms with Crippen LogP contribution in [0.4, 0.5) is 0 Å². The highest BCUT2D eigenvalue weighted by Gasteiger charge is 2.30. The molecule has 8 nitrogen and oxygen atoms in total. The molecule has 1 fully saturated rings. The molecule has 178 valence electrons. The normalized spacial score (nSPS) is 15.5. The Morgan fingerprint density at radius 3 is 2.61 bits per heavy atom. The highest BCUT2D eigenvalue weighted by atomic mass is 16.5. The van der Waals surface area contributed by atoms with Crippen LogP contribution in [0.1, 0.15) is 23.8 Å². The number of benzene rings is 1. The number of ether oxygens (including phenoxy) is 4. The molecule has 3 aliphatic rings. The van der Waals surface area contributed by atoms with Gasteiger partial charge in [-0.05, 0) is 30.5 Å². The highest BCUT2D eigenvalue weighted by molar-refractivity contribution is 5.85. The third-order valence-electron chi connectivity index (χ3n) is 5.97. The summed E-state index contributed by atoms with van der Waals surface area (Å²) in [7, 11) is 3.14. The lowest BCUT2D eigenvalue weighted by atomic mass is 10.00. The van der Waals surface area contributed by atoms with Crippen molar-refractivity contribution < 1.29 is 33.6 Å². The molecule has 1 unspecified atom stereocenters. The van der Waals surface area contributed by atoms with Crippen LogP contribution in [0, 0.1) is 0 Å². The van der Waals surface area contributed by atoms with Crippen molar-refractivity contribution in [3.05, 3.63) is 47.9 Å². The van der Waals surface area contributed by atoms with Crippen LogP contribution in [0.25, 0.3) is 11.1 Å². The SMILES string of the molecule is COc1coc(C(O)CCc2ccccc2O)c2c(OC)c(OCCN3CCOCC3)cc1-2. The number of hydrogen-bond acceptors (Lipinski definition) is 8. The largest absolute Gasteiger partial charge is 0.508 e. The molecule has 8 heteroatoms. The Balaban J connectivity index is 1.55. The average Bonchev–Trinajstić information content (AvgIpc) is 3.22. The van der Waals surface area contributed by atoms with Gasteiger partial charge in [0, 0.05) is 25.2 Å². The molecule has 0 saturated carbocycles. The van der Waals surface area contributed by atoms with Gasteiger partial charge in [0.1, 0.15) is 30.5 Å². The molecular formula is C25H31NO7. The van der Waals surface area contributed by atoms with Gasteiger partial charge in [0.2, 0.25) is 0 Å². The van der Waals surface area contributed by atoms with Gasteiger partial charge in [0.15, 0.2) is 17.2 Å². The average molecular weight is 458 g/mol. The zero-order valence-corrected chi connectivity index (χ0v) is 19.1. The first-order valence-electron chi connectivity index (χ1n) is 11.2. The van der Waals surface area contributed by atoms with E-state index in [-0.39, 0.29) is 5.75 Å². The second-order valence-corrected chi connectivity index (χ2v) is 7.98. The minimum Gasteiger partial charge on any atom is -0.508 e. The summed E-state index contributed by atoms with van der Waals surface area (Å²) >= 11 is 0. The van der Waals surface area contributed by atoms with E-state index < -0.39 is 6.10 Å². The predicted molar refractivity (Wildman–Crippen MR) is 123 cm³/mol. The van der Waals surface area contributed by atoms with E-state index in [1.54, 1.807) is 26.4 Å². The van der Waals surface area contributed by atoms with Crippen LogP contribution in [-0.2, 0) is 11.2 Å². The summed E-state index contributed by atoms with van der Waals surface area (Å²) in [6, 6.07) is 8.97. The summed E-state index contributed by atoms with van der Waals surface area (Å²) < 4.78 is 28.4. The summed E-state index contributed by atoms with van der Waals surface area (Å²) in [6.07, 6.45) is 1.43. The van der Waals surface area contributed by atoms with Crippen molar-refractivity contribution in [2.24, 2.45) is 0 Å². The summed E-state index contributed by atoms with van der Waals surface area (Å²) in [5.41, 5.74) is 2.14. The number of morpholine rings is 1. The van der Waals surface area contributed by atoms with Crippen molar-refractivity contribution >= 4 is 0 Å². The third kappa shape index (κ3) is 5.19. The van der Waals surface area contributed by atoms with Gasteiger partial charge >= 0.3 is 0 Å². The fourth-order valence-electron chi connectivity index (χ4n) is 4.16. The molecule has 33 heavy (non-hydrogen) atoms. The molecule has 2 aliphatic heterocycles. The summed E-state index contributed by atoms with van der Waals surface area (Å²) in [4.78, 5) is 2.29. The van der Waals surface area contributed by atoms with E-state index in [0.29, 0.717) is 48.0 Å². The maximum atomic E-state index is 11.0. The van der Waals surface area contributed by atoms with Gasteiger partial charge < -0.3 is 33.6 Å². The molecule has 0 radical (unpaired) electrons. The second-order valence-electron chi connectivity index (χ2n) is 7.98. The zero-order chi connectivity index (χ0) is 23.2. The Morgan fingerprint density at radius 2 is 1.88 bits per heavy atom. The second kappa shape index (κ2) is 10.8. The number of fused-ring (bicyclic) bond motifs is 1. The van der Waals surface area contributed by atoms with Gasteiger partial charge in [-0.3, -0.25) is 4.90 Å². The Bertz CT molecular complexity index is 1010. The van der Waals surface area contributed by atoms with Crippen LogP contribution in [0.5, 0.6) is 23.0 Å². The lowest BCUT2D eigenvalue weighted by Crippen LogP contribution is -2.38. The van der Waals surface area contributed by atoms with Crippen molar-refractivity contribution in [1.29, 1.82) is 0 Å². The summed E-state index contributed by atoms with van der Waals surface area (Å²) in [5, 5.41) is 21.0. The maximum absolute atomic E-state index is 11.0. The molecule has 0 bridgehead atoms. The summed E-state index contributed by atoms with van der Waals surface area (Å²) in [5.74, 6) is 2.20. The number of aromatic hydroxyl groups is 1. The van der Waals surface area contributed by atoms with Crippen molar-refractivity contribution in [2.45, 2.75) is 18.9 Å². The molecule has 1 aliphatic carbocycles. The Hall–Kier alpha value is -2.94. The summed E-state index contributed by atoms with van der Waals surface area (Å²) in [6.45, 7) is 4.55. The molecule has 0 spiro atoms. The molecule has 1 saturated heterocycles. The molecule has 2 N–H and O–H groups in total. The van der Waals surface area contributed by atoms with Crippen LogP contribution < -0.4 is 14.2 Å². The molecule has 4 rings (SSSR count). The predicted octanol–water partition coefficient (Wildman–Crippen LogP) is 3.48. The zero-order valence-electron chi connectivity index (χ0n) is 19.1. The third-order valence-corrected chi connectivity index (χ3v) is 5.97. The monoisotopic (exact) mass is 457 g/mol. The van der Waals surface area contributed by atoms with Gasteiger partial charge in [-0.1, -0.05) is 18.2 Å². The first kappa shape index (κ1) is 23.2. The Morgan fingerprint density at radius 1 is 1.09 bits per heavy atom. The number of aryl methyl sites for hydroxylation is 1. The first-order valence-corrected chi connectivity index (χ1v) is 11.2. The van der Waals surface area contributed by atoms with Crippen LogP contribution in [0.3, 0.4) is 0 Å². The molecule has 1 aromatic carbocycles. The van der Waals surface area contributed by atoms with Crippen molar-refractivity contribution in [2.75, 3.05) is 53.7 Å². The van der Waals surface area contributed by atoms with Crippen LogP contribution in [-0.4, -0.2) is 68.8 Å². The minimum atomic E-state index is -0.907. The van der Waals surface area contributed by atoms with Crippen LogP contribution in [0.2, 0.25) is 0 Å². The maximum Gasteiger partial charge on any atom is 0.172 e. The van der Waals surface area contributed by atoms with E-state index >= 15 is 0 Å². The van der Waals surface area contributed by atoms with Gasteiger partial charge in [-0.15, -0.1) is 0 Å². The fraction of sp³-hybridized carbons (Fsp3) is 0.440. The van der Waals surface area contributed by atoms with E-state index in [4.69, 9.17) is 23.4 Å². The highest BCUT2D eigenvalue weighted by Crippen LogP contribution is 2.51. The standard InChI is InChI=1S/C25H31NO7/c1-29-22-16-33-24(20(28)8-7-17-5-3-4-6-19(17)27)23-18(22)15-21(25(23)30-2)32-14-11-26-9-12-31-13-10-26/h3-6,15-16,20,27-28H,7-14H2,1-2H3. The quantitative estimate of drug-likeness (QED) is 0.478. The molecule has 1 atom stereocenters. The number of phenolic OH excluding ortho intramolecular Hbond substituents is 1. The Labute approximate surface area is 193 Å². The number of methoxy groups -OCH3 is 2. The first-order chi connectivity index (χ1) is 16.1. The van der Waals surface area contributed by atoms with E-state index in [2.05, 4.69) is 4.90 Å². The number of para-hydroxylation sites is 1. The van der Waals surface area contributed by atoms with Crippen LogP contribution in [0.15, 0.2) is 41.0 Å². The lowest BCUT2D eigenvalue weighted by Gasteiger charge is -2.26. The fourth-order valence-corrected chi connectivity index (χ4v) is 4.16. The van der Waals surface area contributed by atoms with Crippen molar-refractivity contribution in [3.63, 3.8) is 0 Å². The lowest BCUT2D eigenvalue weighted by molar-refractivity contribution is 0.0321. The molecule has 1 aromatic rings. The smallest absolute Gasteiger partial charge is 0.172 e. The van der Waals surface area contributed by atoms with E-state index in [1.807, 2.05) is 18.2 Å². The van der Waals surface area contributed by atoms with Gasteiger partial charge in [0.25, 0.3) is 0 Å². The topological polar surface area (TPSA) is 93.8 Å². The van der Waals surface area contributed by atoms with Crippen molar-refractivity contribution in [1.82, 2.24) is 4.90 Å². The molecule has 2 heterocycles. The van der Waals surface area contributed by atoms with Gasteiger partial charge in [-0.25, -0.2) is 0 Å².